The lowest BCUT2D eigenvalue weighted by atomic mass is 10.2. The van der Waals surface area contributed by atoms with E-state index in [0.717, 1.165) is 11.4 Å². The molecule has 0 aliphatic heterocycles. The predicted octanol–water partition coefficient (Wildman–Crippen LogP) is 2.39. The van der Waals surface area contributed by atoms with Crippen molar-refractivity contribution in [2.45, 2.75) is 19.9 Å². The first-order chi connectivity index (χ1) is 7.31. The van der Waals surface area contributed by atoms with Gasteiger partial charge in [-0.15, -0.1) is 11.3 Å². The Kier molecular flexibility index (Phi) is 2.97. The number of carbonyl (C=O) groups excluding carboxylic acids is 1. The Bertz CT molecular complexity index is 445. The topological polar surface area (TPSA) is 34.9 Å². The molecule has 2 heterocycles. The quantitative estimate of drug-likeness (QED) is 0.741. The van der Waals surface area contributed by atoms with E-state index >= 15 is 0 Å². The van der Waals surface area contributed by atoms with Gasteiger partial charge in [0.05, 0.1) is 0 Å². The molecule has 0 saturated carbocycles. The van der Waals surface area contributed by atoms with Crippen LogP contribution in [-0.4, -0.2) is 15.3 Å². The molecule has 0 bridgehead atoms. The average Bonchev–Trinajstić information content (AvgIpc) is 2.86. The molecule has 0 unspecified atom stereocenters. The van der Waals surface area contributed by atoms with Gasteiger partial charge in [-0.3, -0.25) is 4.79 Å². The summed E-state index contributed by atoms with van der Waals surface area (Å²) in [6.45, 7) is 2.79. The van der Waals surface area contributed by atoms with E-state index in [9.17, 15) is 4.79 Å². The lowest BCUT2D eigenvalue weighted by Crippen LogP contribution is -2.11. The third kappa shape index (κ3) is 2.15. The summed E-state index contributed by atoms with van der Waals surface area (Å²) in [5, 5.41) is 1.98. The fourth-order valence-electron chi connectivity index (χ4n) is 1.47. The van der Waals surface area contributed by atoms with Gasteiger partial charge in [-0.25, -0.2) is 4.98 Å². The van der Waals surface area contributed by atoms with Gasteiger partial charge in [-0.1, -0.05) is 6.07 Å². The average molecular weight is 220 g/mol. The number of nitrogens with zero attached hydrogens (tertiary/aromatic N) is 2. The molecule has 4 heteroatoms. The molecule has 0 saturated heterocycles. The number of aryl methyl sites for hydroxylation is 1. The molecular weight excluding hydrogens is 208 g/mol. The smallest absolute Gasteiger partial charge is 0.203 e. The number of ketones is 1. The maximum absolute atomic E-state index is 11.9. The van der Waals surface area contributed by atoms with Crippen molar-refractivity contribution >= 4 is 17.1 Å². The number of aromatic nitrogens is 2. The van der Waals surface area contributed by atoms with Crippen LogP contribution in [0.5, 0.6) is 0 Å². The molecule has 0 atom stereocenters. The lowest BCUT2D eigenvalue weighted by molar-refractivity contribution is 0.0980. The van der Waals surface area contributed by atoms with E-state index in [-0.39, 0.29) is 5.78 Å². The lowest BCUT2D eigenvalue weighted by Gasteiger charge is -2.02. The molecule has 0 N–H and O–H groups in total. The summed E-state index contributed by atoms with van der Waals surface area (Å²) >= 11 is 1.60. The van der Waals surface area contributed by atoms with Gasteiger partial charge in [0.2, 0.25) is 5.78 Å². The van der Waals surface area contributed by atoms with E-state index in [1.807, 2.05) is 35.2 Å². The number of carbonyl (C=O) groups is 1. The molecule has 0 aliphatic carbocycles. The van der Waals surface area contributed by atoms with Crippen LogP contribution in [0, 0.1) is 0 Å². The van der Waals surface area contributed by atoms with E-state index in [1.165, 1.54) is 0 Å². The zero-order chi connectivity index (χ0) is 10.7. The van der Waals surface area contributed by atoms with Crippen LogP contribution < -0.4 is 0 Å². The number of imidazole rings is 1. The van der Waals surface area contributed by atoms with Gasteiger partial charge >= 0.3 is 0 Å². The van der Waals surface area contributed by atoms with E-state index in [4.69, 9.17) is 0 Å². The fourth-order valence-corrected chi connectivity index (χ4v) is 2.17. The number of hydrogen-bond donors (Lipinski definition) is 0. The first-order valence-electron chi connectivity index (χ1n) is 4.88. The Morgan fingerprint density at radius 1 is 1.60 bits per heavy atom. The molecule has 3 nitrogen and oxygen atoms in total. The summed E-state index contributed by atoms with van der Waals surface area (Å²) in [5.74, 6) is 0.648. The second-order valence-electron chi connectivity index (χ2n) is 3.22. The zero-order valence-electron chi connectivity index (χ0n) is 8.51. The van der Waals surface area contributed by atoms with Crippen LogP contribution >= 0.6 is 11.3 Å². The highest BCUT2D eigenvalue weighted by Crippen LogP contribution is 2.12. The standard InChI is InChI=1S/C11H12N2OS/c1-2-13-6-5-12-11(13)10(14)8-9-4-3-7-15-9/h3-7H,2,8H2,1H3. The van der Waals surface area contributed by atoms with Crippen molar-refractivity contribution in [3.63, 3.8) is 0 Å². The minimum atomic E-state index is 0.0873. The first-order valence-corrected chi connectivity index (χ1v) is 5.76. The summed E-state index contributed by atoms with van der Waals surface area (Å²) < 4.78 is 1.87. The molecule has 0 radical (unpaired) electrons. The zero-order valence-corrected chi connectivity index (χ0v) is 9.33. The molecule has 2 aromatic heterocycles. The highest BCUT2D eigenvalue weighted by atomic mass is 32.1. The highest BCUT2D eigenvalue weighted by molar-refractivity contribution is 7.10. The van der Waals surface area contributed by atoms with Crippen LogP contribution in [0.2, 0.25) is 0 Å². The highest BCUT2D eigenvalue weighted by Gasteiger charge is 2.12. The molecule has 0 spiro atoms. The van der Waals surface area contributed by atoms with Gasteiger partial charge in [0.1, 0.15) is 0 Å². The maximum Gasteiger partial charge on any atom is 0.203 e. The Morgan fingerprint density at radius 3 is 3.13 bits per heavy atom. The molecule has 0 amide bonds. The molecule has 78 valence electrons. The summed E-state index contributed by atoms with van der Waals surface area (Å²) in [6.07, 6.45) is 3.96. The van der Waals surface area contributed by atoms with Crippen molar-refractivity contribution in [1.82, 2.24) is 9.55 Å². The normalized spacial score (nSPS) is 10.5. The van der Waals surface area contributed by atoms with Crippen LogP contribution in [0.3, 0.4) is 0 Å². The number of hydrogen-bond acceptors (Lipinski definition) is 3. The summed E-state index contributed by atoms with van der Waals surface area (Å²) in [5.41, 5.74) is 0. The van der Waals surface area contributed by atoms with Crippen molar-refractivity contribution in [3.05, 3.63) is 40.6 Å². The van der Waals surface area contributed by atoms with E-state index in [2.05, 4.69) is 4.98 Å². The van der Waals surface area contributed by atoms with Gasteiger partial charge in [-0.05, 0) is 18.4 Å². The van der Waals surface area contributed by atoms with Crippen molar-refractivity contribution in [3.8, 4) is 0 Å². The number of Topliss-reactive ketones (excluding diaryl/α,β-unsaturated/α-hetero) is 1. The second kappa shape index (κ2) is 4.40. The summed E-state index contributed by atoms with van der Waals surface area (Å²) in [4.78, 5) is 17.1. The van der Waals surface area contributed by atoms with Gasteiger partial charge in [0, 0.05) is 30.2 Å². The molecule has 0 fully saturated rings. The van der Waals surface area contributed by atoms with E-state index < -0.39 is 0 Å². The van der Waals surface area contributed by atoms with Crippen molar-refractivity contribution in [2.24, 2.45) is 0 Å². The molecule has 0 aromatic carbocycles. The maximum atomic E-state index is 11.9. The second-order valence-corrected chi connectivity index (χ2v) is 4.25. The van der Waals surface area contributed by atoms with Crippen LogP contribution in [0.4, 0.5) is 0 Å². The number of thiophene rings is 1. The Labute approximate surface area is 92.4 Å². The third-order valence-corrected chi connectivity index (χ3v) is 3.10. The van der Waals surface area contributed by atoms with Gasteiger partial charge in [0.15, 0.2) is 5.82 Å². The van der Waals surface area contributed by atoms with Crippen LogP contribution in [0.25, 0.3) is 0 Å². The van der Waals surface area contributed by atoms with Gasteiger partial charge in [-0.2, -0.15) is 0 Å². The van der Waals surface area contributed by atoms with Gasteiger partial charge in [0.25, 0.3) is 0 Å². The molecule has 0 aliphatic rings. The van der Waals surface area contributed by atoms with Crippen molar-refractivity contribution in [2.75, 3.05) is 0 Å². The monoisotopic (exact) mass is 220 g/mol. The molecule has 2 aromatic rings. The third-order valence-electron chi connectivity index (χ3n) is 2.22. The summed E-state index contributed by atoms with van der Waals surface area (Å²) in [6, 6.07) is 3.93. The van der Waals surface area contributed by atoms with Crippen LogP contribution in [0.15, 0.2) is 29.9 Å². The SMILES string of the molecule is CCn1ccnc1C(=O)Cc1cccs1. The largest absolute Gasteiger partial charge is 0.329 e. The Hall–Kier alpha value is -1.42. The number of rotatable bonds is 4. The summed E-state index contributed by atoms with van der Waals surface area (Å²) in [7, 11) is 0. The van der Waals surface area contributed by atoms with Crippen molar-refractivity contribution in [1.29, 1.82) is 0 Å². The van der Waals surface area contributed by atoms with Crippen LogP contribution in [-0.2, 0) is 13.0 Å². The van der Waals surface area contributed by atoms with Gasteiger partial charge < -0.3 is 4.57 Å². The minimum absolute atomic E-state index is 0.0873. The van der Waals surface area contributed by atoms with E-state index in [0.29, 0.717) is 12.2 Å². The first kappa shape index (κ1) is 10.1. The predicted molar refractivity (Wildman–Crippen MR) is 60.3 cm³/mol. The Balaban J connectivity index is 2.15. The Morgan fingerprint density at radius 2 is 2.47 bits per heavy atom. The van der Waals surface area contributed by atoms with Crippen LogP contribution in [0.1, 0.15) is 22.4 Å². The van der Waals surface area contributed by atoms with E-state index in [1.54, 1.807) is 17.5 Å². The molecular formula is C11H12N2OS. The van der Waals surface area contributed by atoms with Crippen molar-refractivity contribution < 1.29 is 4.79 Å². The fraction of sp³-hybridized carbons (Fsp3) is 0.273. The molecule has 15 heavy (non-hydrogen) atoms. The molecule has 2 rings (SSSR count). The minimum Gasteiger partial charge on any atom is -0.329 e.